The molecule has 110 valence electrons. The second-order valence-corrected chi connectivity index (χ2v) is 7.48. The summed E-state index contributed by atoms with van der Waals surface area (Å²) in [6.07, 6.45) is 1.09. The highest BCUT2D eigenvalue weighted by molar-refractivity contribution is 9.10. The molecule has 0 radical (unpaired) electrons. The van der Waals surface area contributed by atoms with E-state index in [-0.39, 0.29) is 10.5 Å². The fourth-order valence-corrected chi connectivity index (χ4v) is 3.23. The first-order valence-corrected chi connectivity index (χ1v) is 8.88. The Morgan fingerprint density at radius 2 is 1.86 bits per heavy atom. The fourth-order valence-electron chi connectivity index (χ4n) is 1.90. The lowest BCUT2D eigenvalue weighted by Crippen LogP contribution is -2.24. The van der Waals surface area contributed by atoms with Gasteiger partial charge in [0.15, 0.2) is 9.84 Å². The van der Waals surface area contributed by atoms with Gasteiger partial charge in [-0.15, -0.1) is 0 Å². The van der Waals surface area contributed by atoms with E-state index in [4.69, 9.17) is 0 Å². The van der Waals surface area contributed by atoms with Gasteiger partial charge in [0.05, 0.1) is 10.5 Å². The number of halogens is 1. The number of benzene rings is 2. The molecular formula is C15H14BrNO3S. The van der Waals surface area contributed by atoms with Crippen molar-refractivity contribution in [1.29, 1.82) is 0 Å². The van der Waals surface area contributed by atoms with Crippen LogP contribution in [0.2, 0.25) is 0 Å². The molecule has 6 heteroatoms. The van der Waals surface area contributed by atoms with Crippen molar-refractivity contribution in [3.63, 3.8) is 0 Å². The summed E-state index contributed by atoms with van der Waals surface area (Å²) in [5, 5.41) is 2.73. The number of carbonyl (C=O) groups is 1. The van der Waals surface area contributed by atoms with Crippen LogP contribution in [0.3, 0.4) is 0 Å². The largest absolute Gasteiger partial charge is 0.348 e. The minimum absolute atomic E-state index is 0.0387. The number of hydrogen-bond acceptors (Lipinski definition) is 3. The van der Waals surface area contributed by atoms with Gasteiger partial charge in [-0.2, -0.15) is 0 Å². The van der Waals surface area contributed by atoms with E-state index in [9.17, 15) is 13.2 Å². The van der Waals surface area contributed by atoms with Crippen molar-refractivity contribution in [3.05, 3.63) is 64.1 Å². The normalized spacial score (nSPS) is 11.1. The maximum Gasteiger partial charge on any atom is 0.252 e. The first-order valence-electron chi connectivity index (χ1n) is 6.19. The lowest BCUT2D eigenvalue weighted by atomic mass is 10.2. The van der Waals surface area contributed by atoms with Gasteiger partial charge in [-0.25, -0.2) is 8.42 Å². The van der Waals surface area contributed by atoms with E-state index in [1.54, 1.807) is 12.1 Å². The number of rotatable bonds is 4. The van der Waals surface area contributed by atoms with Gasteiger partial charge in [-0.1, -0.05) is 40.2 Å². The quantitative estimate of drug-likeness (QED) is 0.903. The van der Waals surface area contributed by atoms with Crippen LogP contribution in [0.5, 0.6) is 0 Å². The Morgan fingerprint density at radius 3 is 2.52 bits per heavy atom. The van der Waals surface area contributed by atoms with Gasteiger partial charge in [0, 0.05) is 17.3 Å². The van der Waals surface area contributed by atoms with E-state index in [1.165, 1.54) is 12.1 Å². The molecule has 0 spiro atoms. The van der Waals surface area contributed by atoms with Crippen LogP contribution in [0.1, 0.15) is 15.9 Å². The number of hydrogen-bond donors (Lipinski definition) is 1. The standard InChI is InChI=1S/C15H14BrNO3S/c1-21(19,20)14-8-3-2-7-13(14)15(18)17-10-11-5-4-6-12(16)9-11/h2-9H,10H2,1H3,(H,17,18). The molecule has 0 fully saturated rings. The molecular weight excluding hydrogens is 354 g/mol. The zero-order valence-electron chi connectivity index (χ0n) is 11.3. The average Bonchev–Trinajstić information content (AvgIpc) is 2.44. The summed E-state index contributed by atoms with van der Waals surface area (Å²) in [4.78, 5) is 12.2. The smallest absolute Gasteiger partial charge is 0.252 e. The minimum Gasteiger partial charge on any atom is -0.348 e. The van der Waals surface area contributed by atoms with E-state index in [0.717, 1.165) is 16.3 Å². The van der Waals surface area contributed by atoms with Crippen molar-refractivity contribution in [2.45, 2.75) is 11.4 Å². The summed E-state index contributed by atoms with van der Waals surface area (Å²) in [6.45, 7) is 0.330. The number of amides is 1. The van der Waals surface area contributed by atoms with Gasteiger partial charge >= 0.3 is 0 Å². The topological polar surface area (TPSA) is 63.2 Å². The number of sulfone groups is 1. The van der Waals surface area contributed by atoms with Gasteiger partial charge in [0.1, 0.15) is 0 Å². The molecule has 2 aromatic carbocycles. The maximum atomic E-state index is 12.2. The summed E-state index contributed by atoms with van der Waals surface area (Å²) in [7, 11) is -3.44. The van der Waals surface area contributed by atoms with Crippen LogP contribution in [0.25, 0.3) is 0 Å². The molecule has 1 N–H and O–H groups in total. The molecule has 21 heavy (non-hydrogen) atoms. The highest BCUT2D eigenvalue weighted by Gasteiger charge is 2.17. The van der Waals surface area contributed by atoms with Crippen molar-refractivity contribution in [2.75, 3.05) is 6.26 Å². The fraction of sp³-hybridized carbons (Fsp3) is 0.133. The van der Waals surface area contributed by atoms with E-state index < -0.39 is 15.7 Å². The van der Waals surface area contributed by atoms with Crippen molar-refractivity contribution < 1.29 is 13.2 Å². The zero-order valence-corrected chi connectivity index (χ0v) is 13.7. The van der Waals surface area contributed by atoms with Crippen molar-refractivity contribution in [3.8, 4) is 0 Å². The zero-order chi connectivity index (χ0) is 15.5. The molecule has 1 amide bonds. The third kappa shape index (κ3) is 4.15. The van der Waals surface area contributed by atoms with E-state index in [1.807, 2.05) is 24.3 Å². The molecule has 0 aliphatic rings. The third-order valence-electron chi connectivity index (χ3n) is 2.87. The predicted molar refractivity (Wildman–Crippen MR) is 84.9 cm³/mol. The molecule has 0 aliphatic carbocycles. The minimum atomic E-state index is -3.44. The van der Waals surface area contributed by atoms with Gasteiger partial charge in [-0.05, 0) is 29.8 Å². The molecule has 0 saturated carbocycles. The third-order valence-corrected chi connectivity index (χ3v) is 4.52. The second kappa shape index (κ2) is 6.41. The van der Waals surface area contributed by atoms with E-state index in [2.05, 4.69) is 21.2 Å². The molecule has 2 rings (SSSR count). The molecule has 0 saturated heterocycles. The first-order chi connectivity index (χ1) is 9.88. The molecule has 0 bridgehead atoms. The van der Waals surface area contributed by atoms with Gasteiger partial charge in [-0.3, -0.25) is 4.79 Å². The molecule has 0 heterocycles. The van der Waals surface area contributed by atoms with Crippen LogP contribution in [-0.4, -0.2) is 20.6 Å². The van der Waals surface area contributed by atoms with Crippen molar-refractivity contribution in [2.24, 2.45) is 0 Å². The molecule has 4 nitrogen and oxygen atoms in total. The van der Waals surface area contributed by atoms with Crippen LogP contribution in [0.4, 0.5) is 0 Å². The Balaban J connectivity index is 2.18. The Kier molecular flexibility index (Phi) is 4.80. The highest BCUT2D eigenvalue weighted by atomic mass is 79.9. The van der Waals surface area contributed by atoms with E-state index in [0.29, 0.717) is 6.54 Å². The van der Waals surface area contributed by atoms with Crippen molar-refractivity contribution >= 4 is 31.7 Å². The van der Waals surface area contributed by atoms with Crippen LogP contribution in [0.15, 0.2) is 57.9 Å². The molecule has 0 aliphatic heterocycles. The van der Waals surface area contributed by atoms with Gasteiger partial charge < -0.3 is 5.32 Å². The maximum absolute atomic E-state index is 12.2. The number of carbonyl (C=O) groups excluding carboxylic acids is 1. The lowest BCUT2D eigenvalue weighted by Gasteiger charge is -2.09. The number of nitrogens with one attached hydrogen (secondary N) is 1. The highest BCUT2D eigenvalue weighted by Crippen LogP contribution is 2.16. The molecule has 0 aromatic heterocycles. The Bertz CT molecular complexity index is 772. The summed E-state index contributed by atoms with van der Waals surface area (Å²) < 4.78 is 24.3. The Labute approximate surface area is 132 Å². The molecule has 0 unspecified atom stereocenters. The van der Waals surface area contributed by atoms with Gasteiger partial charge in [0.2, 0.25) is 0 Å². The van der Waals surface area contributed by atoms with Crippen LogP contribution in [0, 0.1) is 0 Å². The van der Waals surface area contributed by atoms with Gasteiger partial charge in [0.25, 0.3) is 5.91 Å². The molecule has 2 aromatic rings. The lowest BCUT2D eigenvalue weighted by molar-refractivity contribution is 0.0947. The van der Waals surface area contributed by atoms with Crippen molar-refractivity contribution in [1.82, 2.24) is 5.32 Å². The Hall–Kier alpha value is -1.66. The Morgan fingerprint density at radius 1 is 1.14 bits per heavy atom. The summed E-state index contributed by atoms with van der Waals surface area (Å²) in [6, 6.07) is 13.7. The summed E-state index contributed by atoms with van der Waals surface area (Å²) in [5.74, 6) is -0.406. The van der Waals surface area contributed by atoms with E-state index >= 15 is 0 Å². The molecule has 0 atom stereocenters. The second-order valence-electron chi connectivity index (χ2n) is 4.58. The van der Waals surface area contributed by atoms with Crippen LogP contribution >= 0.6 is 15.9 Å². The first kappa shape index (κ1) is 15.7. The van der Waals surface area contributed by atoms with Crippen LogP contribution < -0.4 is 5.32 Å². The van der Waals surface area contributed by atoms with Crippen LogP contribution in [-0.2, 0) is 16.4 Å². The average molecular weight is 368 g/mol. The SMILES string of the molecule is CS(=O)(=O)c1ccccc1C(=O)NCc1cccc(Br)c1. The predicted octanol–water partition coefficient (Wildman–Crippen LogP) is 2.78. The summed E-state index contributed by atoms with van der Waals surface area (Å²) in [5.41, 5.74) is 1.09. The summed E-state index contributed by atoms with van der Waals surface area (Å²) >= 11 is 3.36. The monoisotopic (exact) mass is 367 g/mol.